The highest BCUT2D eigenvalue weighted by atomic mass is 16.5. The molecule has 2 N–H and O–H groups in total. The number of hydrogen-bond donors (Lipinski definition) is 2. The zero-order valence-electron chi connectivity index (χ0n) is 10.3. The Hall–Kier alpha value is -1.73. The minimum atomic E-state index is -1.27. The first-order chi connectivity index (χ1) is 9.15. The molecule has 0 aromatic carbocycles. The summed E-state index contributed by atoms with van der Waals surface area (Å²) in [6.45, 7) is 2.37. The number of nitrogens with zero attached hydrogens (tertiary/aromatic N) is 2. The number of aromatic carboxylic acids is 1. The Morgan fingerprint density at radius 1 is 1.58 bits per heavy atom. The summed E-state index contributed by atoms with van der Waals surface area (Å²) < 4.78 is 5.71. The van der Waals surface area contributed by atoms with E-state index in [1.54, 1.807) is 0 Å². The maximum Gasteiger partial charge on any atom is 0.342 e. The van der Waals surface area contributed by atoms with Gasteiger partial charge in [-0.15, -0.1) is 0 Å². The summed E-state index contributed by atoms with van der Waals surface area (Å²) in [6.07, 6.45) is 3.12. The van der Waals surface area contributed by atoms with Gasteiger partial charge in [-0.3, -0.25) is 9.69 Å². The molecular formula is C12H15N3O4. The van der Waals surface area contributed by atoms with Gasteiger partial charge in [-0.1, -0.05) is 0 Å². The van der Waals surface area contributed by atoms with Crippen LogP contribution in [0.4, 0.5) is 0 Å². The molecule has 7 nitrogen and oxygen atoms in total. The number of fused-ring (bicyclic) bond motifs is 1. The Labute approximate surface area is 109 Å². The van der Waals surface area contributed by atoms with E-state index in [2.05, 4.69) is 14.9 Å². The van der Waals surface area contributed by atoms with Crippen LogP contribution in [0.5, 0.6) is 0 Å². The van der Waals surface area contributed by atoms with Crippen LogP contribution in [0.3, 0.4) is 0 Å². The van der Waals surface area contributed by atoms with Crippen LogP contribution in [0.15, 0.2) is 11.0 Å². The van der Waals surface area contributed by atoms with Crippen molar-refractivity contribution >= 4 is 5.97 Å². The Balaban J connectivity index is 1.81. The summed E-state index contributed by atoms with van der Waals surface area (Å²) in [5, 5.41) is 8.79. The topological polar surface area (TPSA) is 95.5 Å². The first-order valence-electron chi connectivity index (χ1n) is 6.33. The Morgan fingerprint density at radius 2 is 2.42 bits per heavy atom. The molecule has 2 aliphatic heterocycles. The number of rotatable bonds is 2. The summed E-state index contributed by atoms with van der Waals surface area (Å²) in [4.78, 5) is 31.2. The lowest BCUT2D eigenvalue weighted by molar-refractivity contribution is -0.0542. The van der Waals surface area contributed by atoms with Crippen molar-refractivity contribution in [2.75, 3.05) is 19.7 Å². The fourth-order valence-electron chi connectivity index (χ4n) is 2.71. The fourth-order valence-corrected chi connectivity index (χ4v) is 2.71. The first kappa shape index (κ1) is 12.3. The lowest BCUT2D eigenvalue weighted by atomic mass is 10.2. The first-order valence-corrected chi connectivity index (χ1v) is 6.33. The molecule has 2 unspecified atom stereocenters. The van der Waals surface area contributed by atoms with E-state index in [4.69, 9.17) is 9.84 Å². The summed E-state index contributed by atoms with van der Waals surface area (Å²) in [7, 11) is 0. The molecule has 2 aliphatic rings. The normalized spacial score (nSPS) is 27.2. The number of carboxylic acids is 1. The second kappa shape index (κ2) is 4.75. The van der Waals surface area contributed by atoms with E-state index in [0.29, 0.717) is 25.0 Å². The van der Waals surface area contributed by atoms with E-state index in [0.717, 1.165) is 19.2 Å². The number of morpholine rings is 1. The molecule has 0 amide bonds. The molecule has 0 saturated carbocycles. The van der Waals surface area contributed by atoms with Gasteiger partial charge in [0, 0.05) is 18.8 Å². The number of nitrogens with one attached hydrogen (secondary N) is 1. The standard InChI is InChI=1S/C12H15N3O4/c16-11-8(12(17)18)4-13-10(14-11)9-5-15-3-1-2-7(15)6-19-9/h4,7,9H,1-3,5-6H2,(H,17,18)(H,13,14,16). The van der Waals surface area contributed by atoms with Gasteiger partial charge in [0.1, 0.15) is 17.5 Å². The molecule has 3 rings (SSSR count). The molecule has 19 heavy (non-hydrogen) atoms. The van der Waals surface area contributed by atoms with Gasteiger partial charge in [0.2, 0.25) is 0 Å². The van der Waals surface area contributed by atoms with Crippen LogP contribution in [0.1, 0.15) is 35.1 Å². The van der Waals surface area contributed by atoms with Crippen molar-refractivity contribution in [3.05, 3.63) is 27.9 Å². The maximum atomic E-state index is 11.6. The van der Waals surface area contributed by atoms with Crippen molar-refractivity contribution in [3.63, 3.8) is 0 Å². The fraction of sp³-hybridized carbons (Fsp3) is 0.583. The molecule has 2 saturated heterocycles. The van der Waals surface area contributed by atoms with Gasteiger partial charge in [-0.05, 0) is 19.4 Å². The van der Waals surface area contributed by atoms with Crippen molar-refractivity contribution in [1.29, 1.82) is 0 Å². The molecule has 0 radical (unpaired) electrons. The van der Waals surface area contributed by atoms with Crippen LogP contribution in [-0.4, -0.2) is 51.7 Å². The average molecular weight is 265 g/mol. The molecule has 0 bridgehead atoms. The van der Waals surface area contributed by atoms with E-state index in [1.807, 2.05) is 0 Å². The number of H-pyrrole nitrogens is 1. The third-order valence-electron chi connectivity index (χ3n) is 3.74. The van der Waals surface area contributed by atoms with E-state index >= 15 is 0 Å². The minimum Gasteiger partial charge on any atom is -0.477 e. The highest BCUT2D eigenvalue weighted by molar-refractivity contribution is 5.86. The van der Waals surface area contributed by atoms with Crippen LogP contribution in [0.25, 0.3) is 0 Å². The highest BCUT2D eigenvalue weighted by Gasteiger charge is 2.33. The Kier molecular flexibility index (Phi) is 3.08. The summed E-state index contributed by atoms with van der Waals surface area (Å²) >= 11 is 0. The van der Waals surface area contributed by atoms with Crippen LogP contribution in [-0.2, 0) is 4.74 Å². The number of carboxylic acid groups (broad SMARTS) is 1. The summed E-state index contributed by atoms with van der Waals surface area (Å²) in [5.41, 5.74) is -0.983. The Morgan fingerprint density at radius 3 is 3.16 bits per heavy atom. The quantitative estimate of drug-likeness (QED) is 0.781. The van der Waals surface area contributed by atoms with Crippen LogP contribution < -0.4 is 5.56 Å². The van der Waals surface area contributed by atoms with Gasteiger partial charge in [-0.25, -0.2) is 9.78 Å². The number of aromatic amines is 1. The van der Waals surface area contributed by atoms with Crippen molar-refractivity contribution in [3.8, 4) is 0 Å². The molecule has 1 aromatic rings. The monoisotopic (exact) mass is 265 g/mol. The molecule has 2 fully saturated rings. The third kappa shape index (κ3) is 2.26. The van der Waals surface area contributed by atoms with Crippen LogP contribution in [0.2, 0.25) is 0 Å². The van der Waals surface area contributed by atoms with Gasteiger partial charge in [0.15, 0.2) is 0 Å². The summed E-state index contributed by atoms with van der Waals surface area (Å²) in [5.74, 6) is -0.871. The van der Waals surface area contributed by atoms with Crippen molar-refractivity contribution < 1.29 is 14.6 Å². The van der Waals surface area contributed by atoms with E-state index < -0.39 is 11.5 Å². The van der Waals surface area contributed by atoms with Gasteiger partial charge < -0.3 is 14.8 Å². The van der Waals surface area contributed by atoms with Crippen molar-refractivity contribution in [2.24, 2.45) is 0 Å². The van der Waals surface area contributed by atoms with E-state index in [1.165, 1.54) is 6.42 Å². The predicted molar refractivity (Wildman–Crippen MR) is 65.1 cm³/mol. The highest BCUT2D eigenvalue weighted by Crippen LogP contribution is 2.28. The molecule has 3 heterocycles. The number of carbonyl (C=O) groups is 1. The zero-order valence-corrected chi connectivity index (χ0v) is 10.3. The SMILES string of the molecule is O=C(O)c1cnc(C2CN3CCCC3CO2)[nH]c1=O. The average Bonchev–Trinajstić information content (AvgIpc) is 2.85. The smallest absolute Gasteiger partial charge is 0.342 e. The second-order valence-electron chi connectivity index (χ2n) is 4.93. The van der Waals surface area contributed by atoms with Gasteiger partial charge in [-0.2, -0.15) is 0 Å². The van der Waals surface area contributed by atoms with E-state index in [-0.39, 0.29) is 11.7 Å². The summed E-state index contributed by atoms with van der Waals surface area (Å²) in [6, 6.07) is 0.473. The molecule has 0 spiro atoms. The lowest BCUT2D eigenvalue weighted by Crippen LogP contribution is -2.43. The van der Waals surface area contributed by atoms with Gasteiger partial charge >= 0.3 is 5.97 Å². The largest absolute Gasteiger partial charge is 0.477 e. The minimum absolute atomic E-state index is 0.287. The zero-order chi connectivity index (χ0) is 13.4. The van der Waals surface area contributed by atoms with Gasteiger partial charge in [0.25, 0.3) is 5.56 Å². The lowest BCUT2D eigenvalue weighted by Gasteiger charge is -2.34. The van der Waals surface area contributed by atoms with Crippen LogP contribution in [0, 0.1) is 0 Å². The molecular weight excluding hydrogens is 250 g/mol. The predicted octanol–water partition coefficient (Wildman–Crippen LogP) is 0.00380. The van der Waals surface area contributed by atoms with Crippen LogP contribution >= 0.6 is 0 Å². The van der Waals surface area contributed by atoms with Gasteiger partial charge in [0.05, 0.1) is 6.61 Å². The molecule has 2 atom stereocenters. The number of hydrogen-bond acceptors (Lipinski definition) is 5. The molecule has 0 aliphatic carbocycles. The maximum absolute atomic E-state index is 11.6. The Bertz CT molecular complexity index is 556. The number of ether oxygens (including phenoxy) is 1. The number of aromatic nitrogens is 2. The second-order valence-corrected chi connectivity index (χ2v) is 4.93. The molecule has 102 valence electrons. The third-order valence-corrected chi connectivity index (χ3v) is 3.74. The van der Waals surface area contributed by atoms with Crippen molar-refractivity contribution in [2.45, 2.75) is 25.0 Å². The molecule has 1 aromatic heterocycles. The van der Waals surface area contributed by atoms with E-state index in [9.17, 15) is 9.59 Å². The molecule has 7 heteroatoms. The van der Waals surface area contributed by atoms with Crippen molar-refractivity contribution in [1.82, 2.24) is 14.9 Å².